The highest BCUT2D eigenvalue weighted by molar-refractivity contribution is 5.73. The number of halogens is 1. The topological polar surface area (TPSA) is 59.0 Å². The van der Waals surface area contributed by atoms with Crippen LogP contribution in [0.15, 0.2) is 66.7 Å². The van der Waals surface area contributed by atoms with Crippen LogP contribution in [-0.2, 0) is 0 Å². The molecule has 0 saturated carbocycles. The zero-order valence-electron chi connectivity index (χ0n) is 12.2. The Labute approximate surface area is 133 Å². The highest BCUT2D eigenvalue weighted by Gasteiger charge is 2.09. The molecular weight excluding hydrogens is 291 g/mol. The molecule has 3 aromatic rings. The number of rotatable bonds is 3. The fraction of sp³-hybridized carbons (Fsp3) is 0. The Morgan fingerprint density at radius 1 is 0.957 bits per heavy atom. The zero-order chi connectivity index (χ0) is 16.2. The lowest BCUT2D eigenvalue weighted by Gasteiger charge is -2.12. The van der Waals surface area contributed by atoms with E-state index >= 15 is 0 Å². The molecule has 112 valence electrons. The summed E-state index contributed by atoms with van der Waals surface area (Å²) in [6.45, 7) is 0. The molecule has 0 heterocycles. The van der Waals surface area contributed by atoms with Crippen molar-refractivity contribution < 1.29 is 9.13 Å². The van der Waals surface area contributed by atoms with Crippen LogP contribution < -0.4 is 10.5 Å². The number of nitrogens with zero attached hydrogens (tertiary/aromatic N) is 1. The number of nitrogen functional groups attached to an aromatic ring is 1. The molecule has 0 bridgehead atoms. The second kappa shape index (κ2) is 6.20. The molecule has 0 atom stereocenters. The molecule has 0 aliphatic rings. The van der Waals surface area contributed by atoms with Crippen LogP contribution in [-0.4, -0.2) is 0 Å². The maximum atomic E-state index is 13.5. The molecule has 2 N–H and O–H groups in total. The molecule has 0 aliphatic heterocycles. The van der Waals surface area contributed by atoms with E-state index in [0.717, 1.165) is 5.56 Å². The van der Waals surface area contributed by atoms with Gasteiger partial charge in [-0.15, -0.1) is 0 Å². The van der Waals surface area contributed by atoms with Gasteiger partial charge < -0.3 is 10.5 Å². The third-order valence-corrected chi connectivity index (χ3v) is 3.33. The summed E-state index contributed by atoms with van der Waals surface area (Å²) < 4.78 is 19.4. The monoisotopic (exact) mass is 304 g/mol. The molecule has 0 unspecified atom stereocenters. The summed E-state index contributed by atoms with van der Waals surface area (Å²) in [6, 6.07) is 20.3. The lowest BCUT2D eigenvalue weighted by atomic mass is 10.0. The minimum Gasteiger partial charge on any atom is -0.457 e. The minimum atomic E-state index is -0.322. The fourth-order valence-electron chi connectivity index (χ4n) is 2.27. The van der Waals surface area contributed by atoms with Gasteiger partial charge in [0.15, 0.2) is 0 Å². The molecule has 0 aliphatic carbocycles. The van der Waals surface area contributed by atoms with Crippen molar-refractivity contribution in [2.45, 2.75) is 0 Å². The number of hydrogen-bond acceptors (Lipinski definition) is 3. The van der Waals surface area contributed by atoms with E-state index < -0.39 is 0 Å². The van der Waals surface area contributed by atoms with Crippen LogP contribution in [0.4, 0.5) is 10.1 Å². The van der Waals surface area contributed by atoms with Gasteiger partial charge in [-0.3, -0.25) is 0 Å². The Balaban J connectivity index is 2.04. The molecule has 0 amide bonds. The number of nitriles is 1. The number of hydrogen-bond donors (Lipinski definition) is 1. The summed E-state index contributed by atoms with van der Waals surface area (Å²) in [6.07, 6.45) is 0. The van der Waals surface area contributed by atoms with Crippen molar-refractivity contribution in [3.63, 3.8) is 0 Å². The first-order valence-corrected chi connectivity index (χ1v) is 6.99. The molecule has 0 aromatic heterocycles. The molecule has 3 rings (SSSR count). The lowest BCUT2D eigenvalue weighted by molar-refractivity contribution is 0.484. The zero-order valence-corrected chi connectivity index (χ0v) is 12.2. The average Bonchev–Trinajstić information content (AvgIpc) is 2.55. The normalized spacial score (nSPS) is 10.1. The van der Waals surface area contributed by atoms with Gasteiger partial charge in [-0.05, 0) is 48.0 Å². The van der Waals surface area contributed by atoms with E-state index in [2.05, 4.69) is 6.07 Å². The van der Waals surface area contributed by atoms with Crippen molar-refractivity contribution in [1.82, 2.24) is 0 Å². The maximum Gasteiger partial charge on any atom is 0.137 e. The molecule has 0 radical (unpaired) electrons. The van der Waals surface area contributed by atoms with E-state index in [-0.39, 0.29) is 5.82 Å². The summed E-state index contributed by atoms with van der Waals surface area (Å²) in [5.74, 6) is 0.703. The third-order valence-electron chi connectivity index (χ3n) is 3.33. The van der Waals surface area contributed by atoms with Gasteiger partial charge in [0.05, 0.1) is 11.6 Å². The summed E-state index contributed by atoms with van der Waals surface area (Å²) in [4.78, 5) is 0. The fourth-order valence-corrected chi connectivity index (χ4v) is 2.27. The quantitative estimate of drug-likeness (QED) is 0.711. The van der Waals surface area contributed by atoms with E-state index in [1.165, 1.54) is 12.1 Å². The second-order valence-corrected chi connectivity index (χ2v) is 5.01. The second-order valence-electron chi connectivity index (χ2n) is 5.01. The van der Waals surface area contributed by atoms with Crippen molar-refractivity contribution >= 4 is 5.69 Å². The lowest BCUT2D eigenvalue weighted by Crippen LogP contribution is -1.92. The standard InChI is InChI=1S/C19H13FN2O/c20-15-5-2-4-14(10-15)18-8-7-16(22)11-19(18)23-17-6-1-3-13(9-17)12-21/h1-11H,22H2. The van der Waals surface area contributed by atoms with Crippen molar-refractivity contribution in [2.24, 2.45) is 0 Å². The van der Waals surface area contributed by atoms with E-state index in [0.29, 0.717) is 28.3 Å². The van der Waals surface area contributed by atoms with Crippen LogP contribution in [0.3, 0.4) is 0 Å². The Kier molecular flexibility index (Phi) is 3.94. The maximum absolute atomic E-state index is 13.5. The summed E-state index contributed by atoms with van der Waals surface area (Å²) in [5.41, 5.74) is 8.29. The van der Waals surface area contributed by atoms with Crippen LogP contribution >= 0.6 is 0 Å². The Hall–Kier alpha value is -3.32. The molecule has 3 aromatic carbocycles. The Morgan fingerprint density at radius 3 is 2.57 bits per heavy atom. The predicted molar refractivity (Wildman–Crippen MR) is 87.5 cm³/mol. The molecule has 23 heavy (non-hydrogen) atoms. The Bertz CT molecular complexity index is 900. The first-order chi connectivity index (χ1) is 11.2. The average molecular weight is 304 g/mol. The van der Waals surface area contributed by atoms with E-state index in [1.807, 2.05) is 0 Å². The van der Waals surface area contributed by atoms with Crippen molar-refractivity contribution in [3.8, 4) is 28.7 Å². The first kappa shape index (κ1) is 14.6. The number of anilines is 1. The molecule has 3 nitrogen and oxygen atoms in total. The highest BCUT2D eigenvalue weighted by Crippen LogP contribution is 2.35. The summed E-state index contributed by atoms with van der Waals surface area (Å²) in [7, 11) is 0. The highest BCUT2D eigenvalue weighted by atomic mass is 19.1. The number of benzene rings is 3. The van der Waals surface area contributed by atoms with Gasteiger partial charge >= 0.3 is 0 Å². The smallest absolute Gasteiger partial charge is 0.137 e. The predicted octanol–water partition coefficient (Wildman–Crippen LogP) is 4.74. The van der Waals surface area contributed by atoms with Crippen LogP contribution in [0.2, 0.25) is 0 Å². The number of nitrogens with two attached hydrogens (primary N) is 1. The van der Waals surface area contributed by atoms with Gasteiger partial charge in [0.1, 0.15) is 17.3 Å². The minimum absolute atomic E-state index is 0.322. The van der Waals surface area contributed by atoms with Crippen molar-refractivity contribution in [2.75, 3.05) is 5.73 Å². The van der Waals surface area contributed by atoms with Gasteiger partial charge in [0, 0.05) is 17.3 Å². The van der Waals surface area contributed by atoms with Crippen molar-refractivity contribution in [1.29, 1.82) is 5.26 Å². The van der Waals surface area contributed by atoms with Crippen LogP contribution in [0.1, 0.15) is 5.56 Å². The SMILES string of the molecule is N#Cc1cccc(Oc2cc(N)ccc2-c2cccc(F)c2)c1. The Morgan fingerprint density at radius 2 is 1.78 bits per heavy atom. The summed E-state index contributed by atoms with van der Waals surface area (Å²) in [5, 5.41) is 8.97. The van der Waals surface area contributed by atoms with Gasteiger partial charge in [-0.2, -0.15) is 5.26 Å². The van der Waals surface area contributed by atoms with Gasteiger partial charge in [0.25, 0.3) is 0 Å². The number of ether oxygens (including phenoxy) is 1. The summed E-state index contributed by atoms with van der Waals surface area (Å²) >= 11 is 0. The van der Waals surface area contributed by atoms with Gasteiger partial charge in [-0.1, -0.05) is 18.2 Å². The van der Waals surface area contributed by atoms with Crippen LogP contribution in [0, 0.1) is 17.1 Å². The van der Waals surface area contributed by atoms with Gasteiger partial charge in [0.2, 0.25) is 0 Å². The van der Waals surface area contributed by atoms with Crippen LogP contribution in [0.25, 0.3) is 11.1 Å². The first-order valence-electron chi connectivity index (χ1n) is 6.99. The third kappa shape index (κ3) is 3.30. The van der Waals surface area contributed by atoms with E-state index in [4.69, 9.17) is 15.7 Å². The molecule has 4 heteroatoms. The van der Waals surface area contributed by atoms with E-state index in [1.54, 1.807) is 54.6 Å². The molecule has 0 fully saturated rings. The van der Waals surface area contributed by atoms with Gasteiger partial charge in [-0.25, -0.2) is 4.39 Å². The molecule has 0 saturated heterocycles. The largest absolute Gasteiger partial charge is 0.457 e. The van der Waals surface area contributed by atoms with Crippen molar-refractivity contribution in [3.05, 3.63) is 78.1 Å². The molecular formula is C19H13FN2O. The van der Waals surface area contributed by atoms with Crippen LogP contribution in [0.5, 0.6) is 11.5 Å². The van der Waals surface area contributed by atoms with E-state index in [9.17, 15) is 4.39 Å². The molecule has 0 spiro atoms.